The molecule has 0 bridgehead atoms. The summed E-state index contributed by atoms with van der Waals surface area (Å²) in [5, 5.41) is 4.87. The molecule has 10 nitrogen and oxygen atoms in total. The van der Waals surface area contributed by atoms with Crippen LogP contribution in [-0.2, 0) is 23.9 Å². The molecule has 0 radical (unpaired) electrons. The van der Waals surface area contributed by atoms with Crippen molar-refractivity contribution >= 4 is 29.8 Å². The zero-order valence-corrected chi connectivity index (χ0v) is 15.9. The number of nitrogens with zero attached hydrogens (tertiary/aromatic N) is 3. The van der Waals surface area contributed by atoms with E-state index >= 15 is 0 Å². The van der Waals surface area contributed by atoms with E-state index in [-0.39, 0.29) is 31.8 Å². The van der Waals surface area contributed by atoms with Gasteiger partial charge in [-0.25, -0.2) is 4.79 Å². The molecule has 1 atom stereocenters. The van der Waals surface area contributed by atoms with Gasteiger partial charge in [0, 0.05) is 6.42 Å². The molecule has 0 aliphatic heterocycles. The van der Waals surface area contributed by atoms with Crippen molar-refractivity contribution in [3.05, 3.63) is 5.53 Å². The van der Waals surface area contributed by atoms with Crippen LogP contribution in [-0.4, -0.2) is 78.3 Å². The number of amides is 2. The first-order valence-corrected chi connectivity index (χ1v) is 8.08. The summed E-state index contributed by atoms with van der Waals surface area (Å²) >= 11 is 0. The molecular formula is C16H27N5O5. The summed E-state index contributed by atoms with van der Waals surface area (Å²) in [4.78, 5) is 51.4. The van der Waals surface area contributed by atoms with Gasteiger partial charge in [-0.05, 0) is 41.3 Å². The smallest absolute Gasteiger partial charge is 0.329 e. The Hall–Kier alpha value is -2.58. The molecule has 146 valence electrons. The van der Waals surface area contributed by atoms with E-state index in [0.717, 1.165) is 6.21 Å². The molecule has 2 amide bonds. The maximum atomic E-state index is 12.2. The highest BCUT2D eigenvalue weighted by Crippen LogP contribution is 2.11. The Bertz CT molecular complexity index is 576. The Kier molecular flexibility index (Phi) is 10.0. The number of rotatable bonds is 10. The zero-order chi connectivity index (χ0) is 20.3. The topological polar surface area (TPSA) is 141 Å². The van der Waals surface area contributed by atoms with E-state index < -0.39 is 29.3 Å². The molecule has 0 unspecified atom stereocenters. The van der Waals surface area contributed by atoms with Gasteiger partial charge in [-0.2, -0.15) is 4.79 Å². The van der Waals surface area contributed by atoms with E-state index in [9.17, 15) is 19.2 Å². The van der Waals surface area contributed by atoms with Crippen LogP contribution in [0.1, 0.15) is 33.6 Å². The summed E-state index contributed by atoms with van der Waals surface area (Å²) < 4.78 is 5.23. The van der Waals surface area contributed by atoms with E-state index in [4.69, 9.17) is 10.3 Å². The molecule has 10 heteroatoms. The standard InChI is InChI=1S/C16H27N5O5/c1-16(2,3)26-15(25)12(7-6-11(22)8-19-17)20-13(23)9-18-14(24)10-21(4)5/h8,12H,6-7,9-10H2,1-5H3,(H,18,24)(H,20,23)/t12-/m0/s1. The maximum absolute atomic E-state index is 12.2. The summed E-state index contributed by atoms with van der Waals surface area (Å²) in [5.41, 5.74) is 7.57. The van der Waals surface area contributed by atoms with E-state index in [2.05, 4.69) is 15.4 Å². The van der Waals surface area contributed by atoms with Crippen LogP contribution in [0.15, 0.2) is 0 Å². The number of hydrogen-bond donors (Lipinski definition) is 2. The van der Waals surface area contributed by atoms with Crippen LogP contribution < -0.4 is 10.6 Å². The second-order valence-electron chi connectivity index (χ2n) is 6.92. The van der Waals surface area contributed by atoms with Gasteiger partial charge < -0.3 is 25.8 Å². The van der Waals surface area contributed by atoms with Crippen LogP contribution in [0, 0.1) is 0 Å². The van der Waals surface area contributed by atoms with Crippen molar-refractivity contribution in [2.75, 3.05) is 27.2 Å². The van der Waals surface area contributed by atoms with Gasteiger partial charge in [0.2, 0.25) is 17.6 Å². The molecular weight excluding hydrogens is 342 g/mol. The minimum absolute atomic E-state index is 0.0306. The number of ketones is 1. The minimum atomic E-state index is -1.07. The first-order chi connectivity index (χ1) is 11.9. The number of nitrogens with one attached hydrogen (secondary N) is 2. The monoisotopic (exact) mass is 369 g/mol. The highest BCUT2D eigenvalue weighted by atomic mass is 16.6. The third kappa shape index (κ3) is 11.9. The number of esters is 1. The molecule has 0 aromatic heterocycles. The molecule has 0 saturated heterocycles. The molecule has 0 saturated carbocycles. The van der Waals surface area contributed by atoms with Gasteiger partial charge in [0.1, 0.15) is 11.6 Å². The summed E-state index contributed by atoms with van der Waals surface area (Å²) in [6.45, 7) is 4.84. The molecule has 26 heavy (non-hydrogen) atoms. The van der Waals surface area contributed by atoms with Crippen molar-refractivity contribution in [2.24, 2.45) is 0 Å². The average Bonchev–Trinajstić information content (AvgIpc) is 2.47. The lowest BCUT2D eigenvalue weighted by Gasteiger charge is -2.24. The number of carbonyl (C=O) groups is 4. The Morgan fingerprint density at radius 3 is 2.31 bits per heavy atom. The van der Waals surface area contributed by atoms with Crippen LogP contribution in [0.5, 0.6) is 0 Å². The third-order valence-corrected chi connectivity index (χ3v) is 2.81. The molecule has 2 N–H and O–H groups in total. The van der Waals surface area contributed by atoms with Crippen molar-refractivity contribution in [1.82, 2.24) is 15.5 Å². The predicted octanol–water partition coefficient (Wildman–Crippen LogP) is -0.859. The van der Waals surface area contributed by atoms with Crippen LogP contribution in [0.3, 0.4) is 0 Å². The normalized spacial score (nSPS) is 11.9. The van der Waals surface area contributed by atoms with Crippen molar-refractivity contribution in [2.45, 2.75) is 45.3 Å². The van der Waals surface area contributed by atoms with Crippen molar-refractivity contribution in [1.29, 1.82) is 0 Å². The summed E-state index contributed by atoms with van der Waals surface area (Å²) in [6.07, 6.45) is 0.563. The summed E-state index contributed by atoms with van der Waals surface area (Å²) in [6, 6.07) is -1.07. The Balaban J connectivity index is 4.79. The van der Waals surface area contributed by atoms with Gasteiger partial charge in [0.25, 0.3) is 0 Å². The summed E-state index contributed by atoms with van der Waals surface area (Å²) in [5.74, 6) is -2.13. The minimum Gasteiger partial charge on any atom is -0.458 e. The lowest BCUT2D eigenvalue weighted by Crippen LogP contribution is -2.48. The lowest BCUT2D eigenvalue weighted by molar-refractivity contribution is -0.158. The number of carbonyl (C=O) groups excluding carboxylic acids is 4. The van der Waals surface area contributed by atoms with Gasteiger partial charge in [0.15, 0.2) is 0 Å². The number of Topliss-reactive ketones (excluding diaryl/α,β-unsaturated/α-hetero) is 1. The van der Waals surface area contributed by atoms with Gasteiger partial charge in [0.05, 0.1) is 13.1 Å². The number of ether oxygens (including phenoxy) is 1. The molecule has 0 rings (SSSR count). The van der Waals surface area contributed by atoms with Crippen LogP contribution in [0.2, 0.25) is 0 Å². The Morgan fingerprint density at radius 1 is 1.19 bits per heavy atom. The highest BCUT2D eigenvalue weighted by Gasteiger charge is 2.27. The SMILES string of the molecule is CN(C)CC(=O)NCC(=O)N[C@@H](CCC(=O)C=[N+]=[N-])C(=O)OC(C)(C)C. The van der Waals surface area contributed by atoms with Crippen LogP contribution >= 0.6 is 0 Å². The maximum Gasteiger partial charge on any atom is 0.329 e. The first-order valence-electron chi connectivity index (χ1n) is 8.08. The van der Waals surface area contributed by atoms with Gasteiger partial charge in [-0.15, -0.1) is 0 Å². The number of hydrogen-bond acceptors (Lipinski definition) is 6. The van der Waals surface area contributed by atoms with E-state index in [1.807, 2.05) is 0 Å². The van der Waals surface area contributed by atoms with Gasteiger partial charge >= 0.3 is 12.2 Å². The predicted molar refractivity (Wildman–Crippen MR) is 93.3 cm³/mol. The second-order valence-corrected chi connectivity index (χ2v) is 6.92. The molecule has 0 aromatic rings. The number of likely N-dealkylation sites (N-methyl/N-ethyl adjacent to an activating group) is 1. The van der Waals surface area contributed by atoms with Crippen molar-refractivity contribution < 1.29 is 28.7 Å². The highest BCUT2D eigenvalue weighted by molar-refractivity contribution is 6.25. The van der Waals surface area contributed by atoms with Gasteiger partial charge in [-0.3, -0.25) is 14.4 Å². The van der Waals surface area contributed by atoms with E-state index in [1.54, 1.807) is 39.8 Å². The molecule has 0 aliphatic carbocycles. The molecule has 0 aliphatic rings. The molecule has 0 aromatic carbocycles. The van der Waals surface area contributed by atoms with Crippen LogP contribution in [0.4, 0.5) is 0 Å². The fourth-order valence-electron chi connectivity index (χ4n) is 1.80. The fourth-order valence-corrected chi connectivity index (χ4v) is 1.80. The zero-order valence-electron chi connectivity index (χ0n) is 15.9. The first kappa shape index (κ1) is 23.4. The lowest BCUT2D eigenvalue weighted by atomic mass is 10.1. The largest absolute Gasteiger partial charge is 0.458 e. The fraction of sp³-hybridized carbons (Fsp3) is 0.688. The van der Waals surface area contributed by atoms with Crippen LogP contribution in [0.25, 0.3) is 5.53 Å². The molecule has 0 heterocycles. The molecule has 0 spiro atoms. The third-order valence-electron chi connectivity index (χ3n) is 2.81. The second kappa shape index (κ2) is 11.1. The summed E-state index contributed by atoms with van der Waals surface area (Å²) in [7, 11) is 3.43. The van der Waals surface area contributed by atoms with E-state index in [0.29, 0.717) is 0 Å². The Morgan fingerprint density at radius 2 is 1.81 bits per heavy atom. The Labute approximate surface area is 152 Å². The molecule has 0 fully saturated rings. The van der Waals surface area contributed by atoms with Gasteiger partial charge in [-0.1, -0.05) is 0 Å². The van der Waals surface area contributed by atoms with Crippen molar-refractivity contribution in [3.63, 3.8) is 0 Å². The average molecular weight is 369 g/mol. The van der Waals surface area contributed by atoms with E-state index in [1.165, 1.54) is 0 Å². The quantitative estimate of drug-likeness (QED) is 0.222. The van der Waals surface area contributed by atoms with Crippen molar-refractivity contribution in [3.8, 4) is 0 Å².